The lowest BCUT2D eigenvalue weighted by atomic mass is 10.0. The lowest BCUT2D eigenvalue weighted by molar-refractivity contribution is 0.412. The van der Waals surface area contributed by atoms with Crippen molar-refractivity contribution in [3.63, 3.8) is 0 Å². The molecule has 1 aliphatic rings. The van der Waals surface area contributed by atoms with Crippen molar-refractivity contribution < 1.29 is 9.47 Å². The molecule has 21 heavy (non-hydrogen) atoms. The monoisotopic (exact) mass is 364 g/mol. The number of ether oxygens (including phenoxy) is 2. The van der Waals surface area contributed by atoms with Gasteiger partial charge in [0.15, 0.2) is 0 Å². The summed E-state index contributed by atoms with van der Waals surface area (Å²) in [7, 11) is 1.70. The van der Waals surface area contributed by atoms with E-state index in [1.165, 1.54) is 11.1 Å². The fraction of sp³-hybridized carbons (Fsp3) is 0.294. The first kappa shape index (κ1) is 14.8. The van der Waals surface area contributed by atoms with Crippen LogP contribution in [0.1, 0.15) is 16.4 Å². The summed E-state index contributed by atoms with van der Waals surface area (Å²) in [5.74, 6) is 3.86. The smallest absolute Gasteiger partial charge is 0.132 e. The van der Waals surface area contributed by atoms with E-state index >= 15 is 0 Å². The predicted octanol–water partition coefficient (Wildman–Crippen LogP) is 5.21. The van der Waals surface area contributed by atoms with Gasteiger partial charge < -0.3 is 9.47 Å². The summed E-state index contributed by atoms with van der Waals surface area (Å²) in [4.78, 5) is 0. The summed E-state index contributed by atoms with van der Waals surface area (Å²) in [5.41, 5.74) is 2.48. The zero-order chi connectivity index (χ0) is 14.7. The molecule has 0 aliphatic carbocycles. The molecule has 0 radical (unpaired) electrons. The van der Waals surface area contributed by atoms with Crippen molar-refractivity contribution in [2.24, 2.45) is 0 Å². The molecular weight excluding hydrogens is 348 g/mol. The number of fused-ring (bicyclic) bond motifs is 2. The molecular formula is C17H17BrO2S. The van der Waals surface area contributed by atoms with E-state index < -0.39 is 0 Å². The standard InChI is InChI=1S/C17H17BrO2S/c1-19-13-6-7-16-14(11-13)17(21-9-8-18)10-12-4-2-3-5-15(12)20-16/h2-7,11,17H,8-10H2,1H3/t17-/m1/s1. The molecule has 0 saturated carbocycles. The van der Waals surface area contributed by atoms with Crippen molar-refractivity contribution in [3.05, 3.63) is 53.6 Å². The summed E-state index contributed by atoms with van der Waals surface area (Å²) in [6.07, 6.45) is 0.980. The van der Waals surface area contributed by atoms with Crippen LogP contribution in [0.15, 0.2) is 42.5 Å². The predicted molar refractivity (Wildman–Crippen MR) is 92.2 cm³/mol. The van der Waals surface area contributed by atoms with E-state index in [-0.39, 0.29) is 0 Å². The maximum atomic E-state index is 6.13. The maximum Gasteiger partial charge on any atom is 0.132 e. The number of rotatable bonds is 4. The summed E-state index contributed by atoms with van der Waals surface area (Å²) in [5, 5.41) is 1.38. The van der Waals surface area contributed by atoms with E-state index in [9.17, 15) is 0 Å². The van der Waals surface area contributed by atoms with Crippen LogP contribution < -0.4 is 9.47 Å². The number of alkyl halides is 1. The van der Waals surface area contributed by atoms with Crippen LogP contribution in [-0.2, 0) is 6.42 Å². The van der Waals surface area contributed by atoms with Crippen molar-refractivity contribution in [1.29, 1.82) is 0 Å². The van der Waals surface area contributed by atoms with Crippen molar-refractivity contribution in [2.75, 3.05) is 18.2 Å². The normalized spacial score (nSPS) is 16.4. The Bertz CT molecular complexity index is 630. The van der Waals surface area contributed by atoms with Crippen LogP contribution in [0.3, 0.4) is 0 Å². The minimum atomic E-state index is 0.385. The molecule has 1 atom stereocenters. The Labute approximate surface area is 138 Å². The van der Waals surface area contributed by atoms with Crippen molar-refractivity contribution in [3.8, 4) is 17.2 Å². The lowest BCUT2D eigenvalue weighted by Gasteiger charge is -2.16. The molecule has 0 saturated heterocycles. The highest BCUT2D eigenvalue weighted by atomic mass is 79.9. The summed E-state index contributed by atoms with van der Waals surface area (Å²) >= 11 is 5.47. The molecule has 2 aromatic rings. The summed E-state index contributed by atoms with van der Waals surface area (Å²) in [6.45, 7) is 0. The Hall–Kier alpha value is -1.13. The van der Waals surface area contributed by atoms with Gasteiger partial charge in [0.25, 0.3) is 0 Å². The van der Waals surface area contributed by atoms with Gasteiger partial charge in [0, 0.05) is 21.9 Å². The van der Waals surface area contributed by atoms with Crippen LogP contribution in [-0.4, -0.2) is 18.2 Å². The Balaban J connectivity index is 2.03. The second kappa shape index (κ2) is 6.75. The van der Waals surface area contributed by atoms with Crippen LogP contribution in [0.4, 0.5) is 0 Å². The molecule has 4 heteroatoms. The van der Waals surface area contributed by atoms with Crippen LogP contribution in [0.25, 0.3) is 0 Å². The first-order chi connectivity index (χ1) is 10.3. The first-order valence-corrected chi connectivity index (χ1v) is 9.10. The summed E-state index contributed by atoms with van der Waals surface area (Å²) < 4.78 is 11.5. The van der Waals surface area contributed by atoms with Crippen LogP contribution >= 0.6 is 27.7 Å². The summed E-state index contributed by atoms with van der Waals surface area (Å²) in [6, 6.07) is 14.4. The molecule has 0 fully saturated rings. The van der Waals surface area contributed by atoms with Gasteiger partial charge in [0.2, 0.25) is 0 Å². The van der Waals surface area contributed by atoms with E-state index in [4.69, 9.17) is 9.47 Å². The molecule has 0 spiro atoms. The van der Waals surface area contributed by atoms with Gasteiger partial charge in [-0.1, -0.05) is 34.1 Å². The Morgan fingerprint density at radius 2 is 2.10 bits per heavy atom. The molecule has 0 N–H and O–H groups in total. The van der Waals surface area contributed by atoms with Gasteiger partial charge >= 0.3 is 0 Å². The van der Waals surface area contributed by atoms with Crippen molar-refractivity contribution >= 4 is 27.7 Å². The Morgan fingerprint density at radius 3 is 2.90 bits per heavy atom. The van der Waals surface area contributed by atoms with Gasteiger partial charge in [-0.2, -0.15) is 11.8 Å². The number of thioether (sulfide) groups is 1. The van der Waals surface area contributed by atoms with Crippen LogP contribution in [0.5, 0.6) is 17.2 Å². The molecule has 1 aliphatic heterocycles. The Morgan fingerprint density at radius 1 is 1.24 bits per heavy atom. The van der Waals surface area contributed by atoms with Crippen molar-refractivity contribution in [1.82, 2.24) is 0 Å². The topological polar surface area (TPSA) is 18.5 Å². The minimum Gasteiger partial charge on any atom is -0.497 e. The van der Waals surface area contributed by atoms with Gasteiger partial charge in [-0.05, 0) is 36.2 Å². The number of para-hydroxylation sites is 1. The maximum absolute atomic E-state index is 6.13. The van der Waals surface area contributed by atoms with Crippen molar-refractivity contribution in [2.45, 2.75) is 11.7 Å². The highest BCUT2D eigenvalue weighted by Crippen LogP contribution is 2.45. The molecule has 3 rings (SSSR count). The zero-order valence-corrected chi connectivity index (χ0v) is 14.2. The number of methoxy groups -OCH3 is 1. The van der Waals surface area contributed by atoms with Gasteiger partial charge in [0.05, 0.1) is 7.11 Å². The molecule has 110 valence electrons. The van der Waals surface area contributed by atoms with Crippen LogP contribution in [0.2, 0.25) is 0 Å². The largest absolute Gasteiger partial charge is 0.497 e. The highest BCUT2D eigenvalue weighted by molar-refractivity contribution is 9.09. The second-order valence-electron chi connectivity index (χ2n) is 4.87. The number of benzene rings is 2. The molecule has 0 aromatic heterocycles. The van der Waals surface area contributed by atoms with Gasteiger partial charge in [-0.15, -0.1) is 0 Å². The number of hydrogen-bond donors (Lipinski definition) is 0. The molecule has 2 aromatic carbocycles. The number of hydrogen-bond acceptors (Lipinski definition) is 3. The number of halogens is 1. The quantitative estimate of drug-likeness (QED) is 0.693. The average Bonchev–Trinajstić information content (AvgIpc) is 2.68. The van der Waals surface area contributed by atoms with E-state index in [0.29, 0.717) is 5.25 Å². The molecule has 0 unspecified atom stereocenters. The van der Waals surface area contributed by atoms with E-state index in [2.05, 4.69) is 34.1 Å². The van der Waals surface area contributed by atoms with E-state index in [0.717, 1.165) is 34.8 Å². The third-order valence-electron chi connectivity index (χ3n) is 3.56. The molecule has 1 heterocycles. The van der Waals surface area contributed by atoms with Gasteiger partial charge in [-0.25, -0.2) is 0 Å². The SMILES string of the molecule is COc1ccc2c(c1)[C@H](SCCBr)Cc1ccccc1O2. The molecule has 2 nitrogen and oxygen atoms in total. The van der Waals surface area contributed by atoms with E-state index in [1.807, 2.05) is 36.0 Å². The average molecular weight is 365 g/mol. The van der Waals surface area contributed by atoms with Gasteiger partial charge in [-0.3, -0.25) is 0 Å². The zero-order valence-electron chi connectivity index (χ0n) is 11.8. The third kappa shape index (κ3) is 3.22. The second-order valence-corrected chi connectivity index (χ2v) is 6.97. The fourth-order valence-electron chi connectivity index (χ4n) is 2.53. The Kier molecular flexibility index (Phi) is 4.76. The lowest BCUT2D eigenvalue weighted by Crippen LogP contribution is -2.00. The van der Waals surface area contributed by atoms with E-state index in [1.54, 1.807) is 7.11 Å². The first-order valence-electron chi connectivity index (χ1n) is 6.93. The molecule has 0 bridgehead atoms. The highest BCUT2D eigenvalue weighted by Gasteiger charge is 2.24. The fourth-order valence-corrected chi connectivity index (χ4v) is 4.13. The van der Waals surface area contributed by atoms with Gasteiger partial charge in [0.1, 0.15) is 17.2 Å². The van der Waals surface area contributed by atoms with Crippen LogP contribution in [0, 0.1) is 0 Å². The molecule has 0 amide bonds. The third-order valence-corrected chi connectivity index (χ3v) is 5.74. The minimum absolute atomic E-state index is 0.385.